The molecule has 0 atom stereocenters. The Morgan fingerprint density at radius 3 is 3.25 bits per heavy atom. The third-order valence-corrected chi connectivity index (χ3v) is 1.68. The van der Waals surface area contributed by atoms with Crippen LogP contribution in [0.5, 0.6) is 0 Å². The van der Waals surface area contributed by atoms with Crippen LogP contribution in [0.2, 0.25) is 0 Å². The molecule has 1 N–H and O–H groups in total. The van der Waals surface area contributed by atoms with Crippen molar-refractivity contribution in [1.29, 1.82) is 0 Å². The Balaban J connectivity index is 2.92. The van der Waals surface area contributed by atoms with Crippen LogP contribution in [-0.2, 0) is 6.42 Å². The highest BCUT2D eigenvalue weighted by Gasteiger charge is 2.09. The molecule has 12 heavy (non-hydrogen) atoms. The van der Waals surface area contributed by atoms with Gasteiger partial charge in [-0.3, -0.25) is 4.79 Å². The van der Waals surface area contributed by atoms with Crippen LogP contribution in [0.1, 0.15) is 12.6 Å². The van der Waals surface area contributed by atoms with Gasteiger partial charge in [-0.25, -0.2) is 4.98 Å². The van der Waals surface area contributed by atoms with Crippen molar-refractivity contribution in [2.24, 2.45) is 0 Å². The summed E-state index contributed by atoms with van der Waals surface area (Å²) in [7, 11) is 0. The van der Waals surface area contributed by atoms with Crippen LogP contribution < -0.4 is 5.56 Å². The van der Waals surface area contributed by atoms with Gasteiger partial charge in [0.05, 0.1) is 12.0 Å². The van der Waals surface area contributed by atoms with Crippen molar-refractivity contribution in [3.8, 4) is 0 Å². The highest BCUT2D eigenvalue weighted by atomic mass is 16.5. The van der Waals surface area contributed by atoms with E-state index in [4.69, 9.17) is 4.52 Å². The van der Waals surface area contributed by atoms with Gasteiger partial charge in [-0.1, -0.05) is 12.1 Å². The molecule has 0 amide bonds. The highest BCUT2D eigenvalue weighted by molar-refractivity contribution is 5.73. The largest absolute Gasteiger partial charge is 0.335 e. The van der Waals surface area contributed by atoms with Crippen molar-refractivity contribution in [3.63, 3.8) is 0 Å². The number of aryl methyl sites for hydroxylation is 1. The molecule has 0 saturated carbocycles. The fourth-order valence-corrected chi connectivity index (χ4v) is 1.09. The van der Waals surface area contributed by atoms with Gasteiger partial charge < -0.3 is 9.51 Å². The summed E-state index contributed by atoms with van der Waals surface area (Å²) in [5.74, 6) is 0. The van der Waals surface area contributed by atoms with Crippen molar-refractivity contribution >= 4 is 11.1 Å². The molecule has 2 rings (SSSR count). The third kappa shape index (κ3) is 0.827. The lowest BCUT2D eigenvalue weighted by Gasteiger charge is -1.85. The van der Waals surface area contributed by atoms with Gasteiger partial charge in [0.15, 0.2) is 0 Å². The molecular formula is C7H7N3O2. The number of hydrogen-bond donors (Lipinski definition) is 1. The van der Waals surface area contributed by atoms with E-state index < -0.39 is 0 Å². The van der Waals surface area contributed by atoms with Crippen molar-refractivity contribution < 1.29 is 4.52 Å². The first-order valence-electron chi connectivity index (χ1n) is 3.65. The first kappa shape index (κ1) is 7.02. The Kier molecular flexibility index (Phi) is 1.43. The minimum absolute atomic E-state index is 0.196. The highest BCUT2D eigenvalue weighted by Crippen LogP contribution is 2.10. The average Bonchev–Trinajstić information content (AvgIpc) is 2.49. The minimum atomic E-state index is -0.196. The topological polar surface area (TPSA) is 71.8 Å². The summed E-state index contributed by atoms with van der Waals surface area (Å²) in [6.45, 7) is 1.91. The van der Waals surface area contributed by atoms with Gasteiger partial charge in [0, 0.05) is 0 Å². The molecule has 62 valence electrons. The van der Waals surface area contributed by atoms with Gasteiger partial charge in [0.2, 0.25) is 0 Å². The van der Waals surface area contributed by atoms with E-state index in [1.54, 1.807) is 0 Å². The van der Waals surface area contributed by atoms with Gasteiger partial charge in [-0.2, -0.15) is 0 Å². The van der Waals surface area contributed by atoms with E-state index in [2.05, 4.69) is 15.1 Å². The lowest BCUT2D eigenvalue weighted by Crippen LogP contribution is -2.06. The van der Waals surface area contributed by atoms with Gasteiger partial charge >= 0.3 is 0 Å². The Labute approximate surface area is 67.4 Å². The molecule has 5 heteroatoms. The van der Waals surface area contributed by atoms with E-state index in [1.165, 1.54) is 6.33 Å². The summed E-state index contributed by atoms with van der Waals surface area (Å²) in [4.78, 5) is 17.5. The van der Waals surface area contributed by atoms with Crippen LogP contribution in [0.4, 0.5) is 0 Å². The molecule has 0 aromatic carbocycles. The van der Waals surface area contributed by atoms with Crippen LogP contribution in [0.25, 0.3) is 11.1 Å². The van der Waals surface area contributed by atoms with Crippen molar-refractivity contribution in [1.82, 2.24) is 15.1 Å². The first-order valence-corrected chi connectivity index (χ1v) is 3.65. The molecule has 0 spiro atoms. The van der Waals surface area contributed by atoms with E-state index in [0.29, 0.717) is 23.2 Å². The second-order valence-electron chi connectivity index (χ2n) is 2.39. The lowest BCUT2D eigenvalue weighted by molar-refractivity contribution is 0.439. The third-order valence-electron chi connectivity index (χ3n) is 1.68. The summed E-state index contributed by atoms with van der Waals surface area (Å²) in [6, 6.07) is 0. The smallest absolute Gasteiger partial charge is 0.264 e. The number of nitrogens with one attached hydrogen (secondary N) is 1. The average molecular weight is 165 g/mol. The molecule has 0 fully saturated rings. The summed E-state index contributed by atoms with van der Waals surface area (Å²) in [5, 5.41) is 4.18. The lowest BCUT2D eigenvalue weighted by atomic mass is 10.2. The molecular weight excluding hydrogens is 158 g/mol. The fraction of sp³-hybridized carbons (Fsp3) is 0.286. The van der Waals surface area contributed by atoms with Crippen molar-refractivity contribution in [3.05, 3.63) is 22.4 Å². The molecule has 0 saturated heterocycles. The van der Waals surface area contributed by atoms with Crippen LogP contribution >= 0.6 is 0 Å². The Hall–Kier alpha value is -1.65. The Morgan fingerprint density at radius 2 is 2.50 bits per heavy atom. The molecule has 2 aromatic heterocycles. The fourth-order valence-electron chi connectivity index (χ4n) is 1.09. The van der Waals surface area contributed by atoms with Crippen LogP contribution in [-0.4, -0.2) is 15.1 Å². The normalized spacial score (nSPS) is 10.8. The second-order valence-corrected chi connectivity index (χ2v) is 2.39. The van der Waals surface area contributed by atoms with E-state index in [1.807, 2.05) is 6.92 Å². The zero-order valence-corrected chi connectivity index (χ0v) is 6.50. The summed E-state index contributed by atoms with van der Waals surface area (Å²) in [5.41, 5.74) is 0.757. The molecule has 0 aliphatic rings. The number of H-pyrrole nitrogens is 1. The number of fused-ring (bicyclic) bond motifs is 1. The maximum absolute atomic E-state index is 11.2. The molecule has 5 nitrogen and oxygen atoms in total. The first-order chi connectivity index (χ1) is 5.83. The maximum Gasteiger partial charge on any atom is 0.264 e. The number of aromatic amines is 1. The molecule has 0 aliphatic heterocycles. The Bertz CT molecular complexity index is 457. The summed E-state index contributed by atoms with van der Waals surface area (Å²) < 4.78 is 4.84. The van der Waals surface area contributed by atoms with Crippen LogP contribution in [0.3, 0.4) is 0 Å². The van der Waals surface area contributed by atoms with Gasteiger partial charge in [-0.05, 0) is 6.42 Å². The predicted molar refractivity (Wildman–Crippen MR) is 41.8 cm³/mol. The molecule has 2 aromatic rings. The molecule has 0 aliphatic carbocycles. The SMILES string of the molecule is CCc1noc2nc[nH]c(=O)c12. The molecule has 0 radical (unpaired) electrons. The second kappa shape index (κ2) is 2.44. The molecule has 0 unspecified atom stereocenters. The molecule has 0 bridgehead atoms. The summed E-state index contributed by atoms with van der Waals surface area (Å²) >= 11 is 0. The van der Waals surface area contributed by atoms with Gasteiger partial charge in [0.1, 0.15) is 5.39 Å². The van der Waals surface area contributed by atoms with E-state index in [-0.39, 0.29) is 5.56 Å². The van der Waals surface area contributed by atoms with Crippen molar-refractivity contribution in [2.75, 3.05) is 0 Å². The van der Waals surface area contributed by atoms with E-state index >= 15 is 0 Å². The number of aromatic nitrogens is 3. The number of nitrogens with zero attached hydrogens (tertiary/aromatic N) is 2. The predicted octanol–water partition coefficient (Wildman–Crippen LogP) is 0.473. The monoisotopic (exact) mass is 165 g/mol. The maximum atomic E-state index is 11.2. The Morgan fingerprint density at radius 1 is 1.67 bits per heavy atom. The van der Waals surface area contributed by atoms with E-state index in [0.717, 1.165) is 0 Å². The zero-order chi connectivity index (χ0) is 8.55. The van der Waals surface area contributed by atoms with Crippen LogP contribution in [0, 0.1) is 0 Å². The number of rotatable bonds is 1. The quantitative estimate of drug-likeness (QED) is 0.666. The molecule has 2 heterocycles. The summed E-state index contributed by atoms with van der Waals surface area (Å²) in [6.07, 6.45) is 1.97. The van der Waals surface area contributed by atoms with Crippen LogP contribution in [0.15, 0.2) is 15.6 Å². The standard InChI is InChI=1S/C7H7N3O2/c1-2-4-5-6(11)8-3-9-7(5)12-10-4/h3H,2H2,1H3,(H,8,9,11). The zero-order valence-electron chi connectivity index (χ0n) is 6.50. The number of hydrogen-bond acceptors (Lipinski definition) is 4. The van der Waals surface area contributed by atoms with E-state index in [9.17, 15) is 4.79 Å². The van der Waals surface area contributed by atoms with Gasteiger partial charge in [-0.15, -0.1) is 0 Å². The minimum Gasteiger partial charge on any atom is -0.335 e. The van der Waals surface area contributed by atoms with Crippen molar-refractivity contribution in [2.45, 2.75) is 13.3 Å². The van der Waals surface area contributed by atoms with Gasteiger partial charge in [0.25, 0.3) is 11.3 Å².